The first kappa shape index (κ1) is 28.5. The van der Waals surface area contributed by atoms with Crippen molar-refractivity contribution >= 4 is 65.3 Å². The first-order chi connectivity index (χ1) is 19.7. The molecule has 0 bridgehead atoms. The molecule has 0 amide bonds. The van der Waals surface area contributed by atoms with Crippen molar-refractivity contribution in [3.05, 3.63) is 108 Å². The summed E-state index contributed by atoms with van der Waals surface area (Å²) in [4.78, 5) is 0.918. The monoisotopic (exact) mass is 606 g/mol. The van der Waals surface area contributed by atoms with Crippen LogP contribution in [0.5, 0.6) is 0 Å². The Labute approximate surface area is 245 Å². The summed E-state index contributed by atoms with van der Waals surface area (Å²) in [6.45, 7) is 0. The van der Waals surface area contributed by atoms with E-state index in [2.05, 4.69) is 74.9 Å². The number of aryl methyl sites for hydroxylation is 2. The second-order valence-electron chi connectivity index (χ2n) is 8.66. The average Bonchev–Trinajstić information content (AvgIpc) is 3.46. The molecule has 41 heavy (non-hydrogen) atoms. The van der Waals surface area contributed by atoms with E-state index in [-0.39, 0.29) is 0 Å². The number of para-hydroxylation sites is 3. The number of rotatable bonds is 5. The minimum atomic E-state index is -4.94. The zero-order chi connectivity index (χ0) is 29.0. The van der Waals surface area contributed by atoms with Crippen molar-refractivity contribution < 1.29 is 33.4 Å². The molecule has 10 nitrogen and oxygen atoms in total. The number of hydrogen-bond acceptors (Lipinski definition) is 10. The quantitative estimate of drug-likeness (QED) is 0.168. The van der Waals surface area contributed by atoms with Crippen LogP contribution in [0.15, 0.2) is 118 Å². The lowest BCUT2D eigenvalue weighted by atomic mass is 10.2. The van der Waals surface area contributed by atoms with Gasteiger partial charge in [-0.05, 0) is 77.1 Å². The highest BCUT2D eigenvalue weighted by Crippen LogP contribution is 2.30. The number of halogens is 1. The van der Waals surface area contributed by atoms with E-state index in [4.69, 9.17) is 23.7 Å². The molecule has 0 fully saturated rings. The highest BCUT2D eigenvalue weighted by molar-refractivity contribution is 7.21. The highest BCUT2D eigenvalue weighted by atomic mass is 35.7. The van der Waals surface area contributed by atoms with E-state index >= 15 is 0 Å². The molecule has 0 spiro atoms. The fraction of sp³-hybridized carbons (Fsp3) is 0.0714. The van der Waals surface area contributed by atoms with Gasteiger partial charge >= 0.3 is 5.13 Å². The first-order valence-corrected chi connectivity index (χ1v) is 15.0. The largest absolute Gasteiger partial charge is 0.409 e. The van der Waals surface area contributed by atoms with Crippen LogP contribution in [-0.4, -0.2) is 4.57 Å². The van der Waals surface area contributed by atoms with Gasteiger partial charge in [-0.15, -0.1) is 15.3 Å². The molecule has 0 aliphatic heterocycles. The van der Waals surface area contributed by atoms with Crippen LogP contribution in [0.4, 0.5) is 22.2 Å². The van der Waals surface area contributed by atoms with E-state index < -0.39 is 10.2 Å². The van der Waals surface area contributed by atoms with Crippen LogP contribution in [0, 0.1) is 10.2 Å². The zero-order valence-electron chi connectivity index (χ0n) is 21.8. The normalized spacial score (nSPS) is 12.2. The van der Waals surface area contributed by atoms with Crippen molar-refractivity contribution in [3.63, 3.8) is 0 Å². The standard InChI is InChI=1S/C28H23N6S2.ClHO4/c1-32-23-12-6-8-14-25(23)35-27(32)30-29-20-16-18-22(19-17-20)34(21-10-4-3-5-11-21)31-28-33(2)24-13-7-9-15-26(24)36-28;2-1(3,4)5/h3-19H,1-2H3;(H,2,3,4,5)/q+1;/p-1. The Morgan fingerprint density at radius 3 is 1.95 bits per heavy atom. The Kier molecular flexibility index (Phi) is 8.52. The van der Waals surface area contributed by atoms with Crippen LogP contribution in [0.25, 0.3) is 20.4 Å². The minimum Gasteiger partial charge on any atom is -0.318 e. The molecule has 0 saturated carbocycles. The van der Waals surface area contributed by atoms with Gasteiger partial charge < -0.3 is 4.57 Å². The number of anilines is 2. The van der Waals surface area contributed by atoms with Gasteiger partial charge in [0.05, 0.1) is 38.5 Å². The molecular weight excluding hydrogens is 584 g/mol. The maximum absolute atomic E-state index is 8.49. The van der Waals surface area contributed by atoms with Crippen molar-refractivity contribution in [2.75, 3.05) is 5.01 Å². The zero-order valence-corrected chi connectivity index (χ0v) is 24.2. The van der Waals surface area contributed by atoms with Crippen LogP contribution in [0.1, 0.15) is 0 Å². The molecule has 0 radical (unpaired) electrons. The summed E-state index contributed by atoms with van der Waals surface area (Å²) in [5.74, 6) is 0. The van der Waals surface area contributed by atoms with Gasteiger partial charge in [0.25, 0.3) is 0 Å². The molecule has 13 heteroatoms. The molecule has 6 rings (SSSR count). The number of azo groups is 1. The maximum Gasteiger partial charge on any atom is 0.409 e. The van der Waals surface area contributed by atoms with Gasteiger partial charge in [-0.1, -0.05) is 53.8 Å². The van der Waals surface area contributed by atoms with E-state index in [0.717, 1.165) is 32.5 Å². The number of thiazole rings is 2. The summed E-state index contributed by atoms with van der Waals surface area (Å²) in [6, 6.07) is 34.8. The molecule has 0 atom stereocenters. The summed E-state index contributed by atoms with van der Waals surface area (Å²) in [6.07, 6.45) is 0. The van der Waals surface area contributed by atoms with E-state index in [1.807, 2.05) is 66.7 Å². The van der Waals surface area contributed by atoms with Crippen molar-refractivity contribution in [1.29, 1.82) is 0 Å². The van der Waals surface area contributed by atoms with Gasteiger partial charge in [-0.25, -0.2) is 28.2 Å². The van der Waals surface area contributed by atoms with Crippen LogP contribution in [0.2, 0.25) is 0 Å². The van der Waals surface area contributed by atoms with Crippen LogP contribution in [0.3, 0.4) is 0 Å². The summed E-state index contributed by atoms with van der Waals surface area (Å²) in [7, 11) is -0.873. The maximum atomic E-state index is 8.49. The van der Waals surface area contributed by atoms with Crippen LogP contribution < -0.4 is 33.0 Å². The van der Waals surface area contributed by atoms with E-state index in [1.54, 1.807) is 22.7 Å². The van der Waals surface area contributed by atoms with Crippen molar-refractivity contribution in [2.24, 2.45) is 29.4 Å². The molecule has 0 aliphatic rings. The van der Waals surface area contributed by atoms with Gasteiger partial charge in [0.2, 0.25) is 4.80 Å². The second-order valence-corrected chi connectivity index (χ2v) is 11.4. The Balaban J connectivity index is 0.000000623. The fourth-order valence-electron chi connectivity index (χ4n) is 4.04. The van der Waals surface area contributed by atoms with Crippen molar-refractivity contribution in [1.82, 2.24) is 4.57 Å². The molecular formula is C28H23ClN6O4S2. The summed E-state index contributed by atoms with van der Waals surface area (Å²) in [5.41, 5.74) is 5.05. The Bertz CT molecular complexity index is 1870. The lowest BCUT2D eigenvalue weighted by Crippen LogP contribution is -2.68. The molecule has 4 aromatic carbocycles. The fourth-order valence-corrected chi connectivity index (χ4v) is 6.02. The second kappa shape index (κ2) is 12.2. The molecule has 208 valence electrons. The van der Waals surface area contributed by atoms with E-state index in [1.165, 1.54) is 14.9 Å². The minimum absolute atomic E-state index is 0.789. The Morgan fingerprint density at radius 1 is 0.707 bits per heavy atom. The van der Waals surface area contributed by atoms with Crippen LogP contribution >= 0.6 is 22.7 Å². The van der Waals surface area contributed by atoms with Crippen LogP contribution in [-0.2, 0) is 14.1 Å². The highest BCUT2D eigenvalue weighted by Gasteiger charge is 2.15. The SMILES string of the molecule is Cn1c(=NN(c2ccccc2)c2ccc(N=Nc3sc4ccccc4[n+]3C)cc2)sc2ccccc21.[O-][Cl+3]([O-])([O-])[O-]. The van der Waals surface area contributed by atoms with Crippen molar-refractivity contribution in [2.45, 2.75) is 0 Å². The average molecular weight is 607 g/mol. The molecule has 2 aromatic heterocycles. The molecule has 0 N–H and O–H groups in total. The van der Waals surface area contributed by atoms with E-state index in [0.29, 0.717) is 0 Å². The van der Waals surface area contributed by atoms with Crippen molar-refractivity contribution in [3.8, 4) is 0 Å². The third kappa shape index (κ3) is 7.01. The summed E-state index contributed by atoms with van der Waals surface area (Å²) in [5, 5.41) is 16.9. The Morgan fingerprint density at radius 2 is 1.29 bits per heavy atom. The first-order valence-electron chi connectivity index (χ1n) is 12.1. The summed E-state index contributed by atoms with van der Waals surface area (Å²) < 4.78 is 40.6. The van der Waals surface area contributed by atoms with Gasteiger partial charge in [0, 0.05) is 7.05 Å². The Hall–Kier alpha value is -4.01. The number of aromatic nitrogens is 2. The predicted molar refractivity (Wildman–Crippen MR) is 149 cm³/mol. The topological polar surface area (TPSA) is 141 Å². The lowest BCUT2D eigenvalue weighted by molar-refractivity contribution is -2.00. The number of benzene rings is 4. The molecule has 0 aliphatic carbocycles. The van der Waals surface area contributed by atoms with Gasteiger partial charge in [0.15, 0.2) is 0 Å². The molecule has 0 unspecified atom stereocenters. The smallest absolute Gasteiger partial charge is 0.318 e. The van der Waals surface area contributed by atoms with E-state index in [9.17, 15) is 0 Å². The van der Waals surface area contributed by atoms with Gasteiger partial charge in [0.1, 0.15) is 11.2 Å². The predicted octanol–water partition coefficient (Wildman–Crippen LogP) is 2.59. The lowest BCUT2D eigenvalue weighted by Gasteiger charge is -2.18. The molecule has 2 heterocycles. The summed E-state index contributed by atoms with van der Waals surface area (Å²) >= 11 is 3.30. The third-order valence-electron chi connectivity index (χ3n) is 5.96. The van der Waals surface area contributed by atoms with Gasteiger partial charge in [-0.2, -0.15) is 0 Å². The number of fused-ring (bicyclic) bond motifs is 2. The number of hydrogen-bond donors (Lipinski definition) is 0. The molecule has 6 aromatic rings. The van der Waals surface area contributed by atoms with Gasteiger partial charge in [-0.3, -0.25) is 0 Å². The number of nitrogens with zero attached hydrogens (tertiary/aromatic N) is 6. The molecule has 0 saturated heterocycles. The third-order valence-corrected chi connectivity index (χ3v) is 8.17.